The molecule has 0 aromatic heterocycles. The molecule has 2 aliphatic rings. The number of thioether (sulfide) groups is 1. The van der Waals surface area contributed by atoms with Gasteiger partial charge in [0.05, 0.1) is 18.6 Å². The van der Waals surface area contributed by atoms with E-state index in [4.69, 9.17) is 4.74 Å². The van der Waals surface area contributed by atoms with E-state index >= 15 is 0 Å². The largest absolute Gasteiger partial charge is 0.497 e. The van der Waals surface area contributed by atoms with Crippen molar-refractivity contribution in [3.8, 4) is 5.75 Å². The van der Waals surface area contributed by atoms with Crippen LogP contribution in [0.1, 0.15) is 57.1 Å². The summed E-state index contributed by atoms with van der Waals surface area (Å²) in [6.07, 6.45) is 5.05. The third kappa shape index (κ3) is 5.78. The molecule has 7 heteroatoms. The van der Waals surface area contributed by atoms with Gasteiger partial charge in [0, 0.05) is 18.7 Å². The number of hydrogen-bond donors (Lipinski definition) is 0. The summed E-state index contributed by atoms with van der Waals surface area (Å²) >= 11 is 1.31. The maximum Gasteiger partial charge on any atom is 0.283 e. The van der Waals surface area contributed by atoms with E-state index in [1.807, 2.05) is 47.4 Å². The summed E-state index contributed by atoms with van der Waals surface area (Å²) in [6.45, 7) is 7.20. The molecule has 2 heterocycles. The first-order chi connectivity index (χ1) is 16.9. The normalized spacial score (nSPS) is 19.5. The highest BCUT2D eigenvalue weighted by atomic mass is 32.2. The summed E-state index contributed by atoms with van der Waals surface area (Å²) in [4.78, 5) is 34.7. The minimum Gasteiger partial charge on any atom is -0.497 e. The van der Waals surface area contributed by atoms with Crippen molar-refractivity contribution in [2.24, 2.45) is 4.99 Å². The van der Waals surface area contributed by atoms with Gasteiger partial charge in [-0.15, -0.1) is 0 Å². The summed E-state index contributed by atoms with van der Waals surface area (Å²) in [7, 11) is 1.60. The van der Waals surface area contributed by atoms with Gasteiger partial charge in [-0.2, -0.15) is 0 Å². The molecule has 184 valence electrons. The molecular weight excluding hydrogens is 458 g/mol. The number of anilines is 1. The van der Waals surface area contributed by atoms with E-state index in [9.17, 15) is 9.59 Å². The van der Waals surface area contributed by atoms with Gasteiger partial charge in [0.25, 0.3) is 5.91 Å². The van der Waals surface area contributed by atoms with Crippen molar-refractivity contribution < 1.29 is 14.3 Å². The van der Waals surface area contributed by atoms with Crippen molar-refractivity contribution >= 4 is 40.5 Å². The van der Waals surface area contributed by atoms with Crippen LogP contribution in [0.25, 0.3) is 6.08 Å². The summed E-state index contributed by atoms with van der Waals surface area (Å²) in [5.74, 6) is 1.21. The molecule has 4 rings (SSSR count). The Morgan fingerprint density at radius 1 is 1.20 bits per heavy atom. The van der Waals surface area contributed by atoms with E-state index in [1.165, 1.54) is 17.3 Å². The first-order valence-electron chi connectivity index (χ1n) is 12.2. The van der Waals surface area contributed by atoms with E-state index in [0.29, 0.717) is 28.2 Å². The average molecular weight is 492 g/mol. The number of piperidine rings is 1. The van der Waals surface area contributed by atoms with Crippen LogP contribution in [0, 0.1) is 0 Å². The maximum absolute atomic E-state index is 13.5. The van der Waals surface area contributed by atoms with Crippen LogP contribution in [-0.2, 0) is 9.59 Å². The highest BCUT2D eigenvalue weighted by Gasteiger charge is 2.33. The standard InChI is InChI=1S/C28H33N3O3S/c1-19(2)22-13-11-21(12-14-22)16-25-27(33)31(23-9-7-10-24(17-23)34-4)28(29-25)35-18-26(32)30-15-6-5-8-20(30)3/h7,9-14,16-17,19-20H,5-6,8,15,18H2,1-4H3/b25-16-/t20-/m0/s1. The van der Waals surface area contributed by atoms with Crippen molar-refractivity contribution in [2.75, 3.05) is 24.3 Å². The first-order valence-corrected chi connectivity index (χ1v) is 13.2. The molecule has 1 saturated heterocycles. The number of ether oxygens (including phenoxy) is 1. The Labute approximate surface area is 212 Å². The molecule has 1 fully saturated rings. The summed E-state index contributed by atoms with van der Waals surface area (Å²) in [5, 5.41) is 0.506. The number of rotatable bonds is 6. The Kier molecular flexibility index (Phi) is 7.96. The Morgan fingerprint density at radius 3 is 2.66 bits per heavy atom. The Bertz CT molecular complexity index is 1140. The van der Waals surface area contributed by atoms with Crippen molar-refractivity contribution in [2.45, 2.75) is 52.0 Å². The van der Waals surface area contributed by atoms with Crippen LogP contribution in [0.15, 0.2) is 59.2 Å². The molecule has 35 heavy (non-hydrogen) atoms. The number of amidine groups is 1. The van der Waals surface area contributed by atoms with Crippen molar-refractivity contribution in [3.05, 3.63) is 65.4 Å². The molecule has 0 unspecified atom stereocenters. The molecule has 0 spiro atoms. The summed E-state index contributed by atoms with van der Waals surface area (Å²) in [6, 6.07) is 15.8. The topological polar surface area (TPSA) is 62.2 Å². The van der Waals surface area contributed by atoms with Gasteiger partial charge in [0.2, 0.25) is 5.91 Å². The highest BCUT2D eigenvalue weighted by molar-refractivity contribution is 8.14. The van der Waals surface area contributed by atoms with Gasteiger partial charge in [0.1, 0.15) is 11.4 Å². The van der Waals surface area contributed by atoms with Crippen molar-refractivity contribution in [3.63, 3.8) is 0 Å². The van der Waals surface area contributed by atoms with E-state index in [1.54, 1.807) is 12.0 Å². The first kappa shape index (κ1) is 25.0. The third-order valence-electron chi connectivity index (χ3n) is 6.50. The van der Waals surface area contributed by atoms with Crippen LogP contribution in [-0.4, -0.2) is 47.3 Å². The van der Waals surface area contributed by atoms with E-state index in [0.717, 1.165) is 31.4 Å². The molecule has 2 aromatic rings. The van der Waals surface area contributed by atoms with E-state index < -0.39 is 0 Å². The molecule has 2 amide bonds. The lowest BCUT2D eigenvalue weighted by atomic mass is 10.0. The molecule has 2 aromatic carbocycles. The lowest BCUT2D eigenvalue weighted by Crippen LogP contribution is -2.43. The maximum atomic E-state index is 13.5. The van der Waals surface area contributed by atoms with Crippen molar-refractivity contribution in [1.29, 1.82) is 0 Å². The van der Waals surface area contributed by atoms with Gasteiger partial charge in [-0.1, -0.05) is 55.9 Å². The molecule has 1 atom stereocenters. The Morgan fingerprint density at radius 2 is 1.97 bits per heavy atom. The predicted octanol–water partition coefficient (Wildman–Crippen LogP) is 5.70. The minimum absolute atomic E-state index is 0.0876. The number of methoxy groups -OCH3 is 1. The number of likely N-dealkylation sites (tertiary alicyclic amines) is 1. The van der Waals surface area contributed by atoms with Gasteiger partial charge in [0.15, 0.2) is 5.17 Å². The Balaban J connectivity index is 1.60. The van der Waals surface area contributed by atoms with E-state index in [-0.39, 0.29) is 23.6 Å². The summed E-state index contributed by atoms with van der Waals surface area (Å²) in [5.41, 5.74) is 3.18. The summed E-state index contributed by atoms with van der Waals surface area (Å²) < 4.78 is 5.37. The monoisotopic (exact) mass is 491 g/mol. The fourth-order valence-electron chi connectivity index (χ4n) is 4.38. The minimum atomic E-state index is -0.215. The molecular formula is C28H33N3O3S. The van der Waals surface area contributed by atoms with Gasteiger partial charge in [-0.3, -0.25) is 14.5 Å². The zero-order chi connectivity index (χ0) is 24.9. The molecule has 0 radical (unpaired) electrons. The van der Waals surface area contributed by atoms with Crippen LogP contribution in [0.4, 0.5) is 5.69 Å². The second kappa shape index (κ2) is 11.1. The van der Waals surface area contributed by atoms with Gasteiger partial charge in [-0.05, 0) is 61.4 Å². The van der Waals surface area contributed by atoms with Crippen LogP contribution in [0.5, 0.6) is 5.75 Å². The highest BCUT2D eigenvalue weighted by Crippen LogP contribution is 2.32. The number of benzene rings is 2. The molecule has 0 N–H and O–H groups in total. The average Bonchev–Trinajstić information content (AvgIpc) is 3.17. The number of nitrogens with zero attached hydrogens (tertiary/aromatic N) is 3. The van der Waals surface area contributed by atoms with Gasteiger partial charge < -0.3 is 9.64 Å². The SMILES string of the molecule is COc1cccc(N2C(=O)/C(=C/c3ccc(C(C)C)cc3)N=C2SCC(=O)N2CCCC[C@@H]2C)c1. The number of aliphatic imine (C=N–C) groups is 1. The van der Waals surface area contributed by atoms with E-state index in [2.05, 4.69) is 37.9 Å². The fourth-order valence-corrected chi connectivity index (χ4v) is 5.28. The molecule has 2 aliphatic heterocycles. The van der Waals surface area contributed by atoms with Crippen LogP contribution < -0.4 is 9.64 Å². The number of hydrogen-bond acceptors (Lipinski definition) is 5. The van der Waals surface area contributed by atoms with Gasteiger partial charge in [-0.25, -0.2) is 4.99 Å². The van der Waals surface area contributed by atoms with Crippen molar-refractivity contribution in [1.82, 2.24) is 4.90 Å². The predicted molar refractivity (Wildman–Crippen MR) is 144 cm³/mol. The smallest absolute Gasteiger partial charge is 0.283 e. The molecule has 0 aliphatic carbocycles. The quantitative estimate of drug-likeness (QED) is 0.487. The fraction of sp³-hybridized carbons (Fsp3) is 0.393. The number of amides is 2. The second-order valence-corrected chi connectivity index (χ2v) is 10.3. The lowest BCUT2D eigenvalue weighted by molar-refractivity contribution is -0.131. The zero-order valence-electron chi connectivity index (χ0n) is 20.9. The second-order valence-electron chi connectivity index (χ2n) is 9.31. The van der Waals surface area contributed by atoms with Gasteiger partial charge >= 0.3 is 0 Å². The molecule has 0 saturated carbocycles. The third-order valence-corrected chi connectivity index (χ3v) is 7.42. The van der Waals surface area contributed by atoms with Crippen LogP contribution in [0.2, 0.25) is 0 Å². The molecule has 6 nitrogen and oxygen atoms in total. The number of carbonyl (C=O) groups excluding carboxylic acids is 2. The van der Waals surface area contributed by atoms with Crippen LogP contribution in [0.3, 0.4) is 0 Å². The van der Waals surface area contributed by atoms with Crippen LogP contribution >= 0.6 is 11.8 Å². The molecule has 0 bridgehead atoms. The zero-order valence-corrected chi connectivity index (χ0v) is 21.7. The lowest BCUT2D eigenvalue weighted by Gasteiger charge is -2.33. The Hall–Kier alpha value is -3.06. The number of carbonyl (C=O) groups is 2.